The van der Waals surface area contributed by atoms with Gasteiger partial charge >= 0.3 is 5.97 Å². The number of amides is 1. The molecule has 0 saturated heterocycles. The van der Waals surface area contributed by atoms with Crippen LogP contribution in [0.1, 0.15) is 18.6 Å². The molecule has 2 rings (SSSR count). The number of aromatic nitrogens is 1. The van der Waals surface area contributed by atoms with Crippen LogP contribution in [-0.4, -0.2) is 36.6 Å². The second-order valence-electron chi connectivity index (χ2n) is 5.49. The average molecular weight is 382 g/mol. The first kappa shape index (κ1) is 19.2. The lowest BCUT2D eigenvalue weighted by molar-refractivity contribution is -0.138. The van der Waals surface area contributed by atoms with E-state index in [0.29, 0.717) is 11.4 Å². The minimum absolute atomic E-state index is 0.0117. The van der Waals surface area contributed by atoms with Gasteiger partial charge in [-0.25, -0.2) is 13.2 Å². The van der Waals surface area contributed by atoms with Crippen LogP contribution < -0.4 is 15.8 Å². The lowest BCUT2D eigenvalue weighted by Gasteiger charge is -2.15. The fraction of sp³-hybridized carbons (Fsp3) is 0.267. The van der Waals surface area contributed by atoms with Crippen molar-refractivity contribution in [3.8, 4) is 0 Å². The standard InChI is InChI=1S/C15H18N4O6S/c1-9-8-14(18-25-9)19-26(23,24)11-4-2-10(3-5-11)17-12(15(21)22)6-7-13(16)20/h2-5,8,12,17H,6-7H2,1H3,(H2,16,20)(H,18,19)(H,21,22)/t12-/m1/s1. The molecule has 0 bridgehead atoms. The van der Waals surface area contributed by atoms with Crippen LogP contribution in [0, 0.1) is 6.92 Å². The number of aryl methyl sites for hydroxylation is 1. The van der Waals surface area contributed by atoms with Gasteiger partial charge in [-0.15, -0.1) is 0 Å². The molecule has 1 aromatic heterocycles. The summed E-state index contributed by atoms with van der Waals surface area (Å²) in [5.41, 5.74) is 5.41. The van der Waals surface area contributed by atoms with Crippen molar-refractivity contribution < 1.29 is 27.6 Å². The van der Waals surface area contributed by atoms with Gasteiger partial charge < -0.3 is 20.7 Å². The molecule has 1 atom stereocenters. The zero-order chi connectivity index (χ0) is 19.3. The Labute approximate surface area is 149 Å². The Kier molecular flexibility index (Phi) is 5.82. The minimum Gasteiger partial charge on any atom is -0.480 e. The van der Waals surface area contributed by atoms with E-state index in [1.165, 1.54) is 30.3 Å². The van der Waals surface area contributed by atoms with Crippen molar-refractivity contribution in [3.05, 3.63) is 36.1 Å². The number of carbonyl (C=O) groups excluding carboxylic acids is 1. The van der Waals surface area contributed by atoms with Gasteiger partial charge in [-0.1, -0.05) is 5.16 Å². The van der Waals surface area contributed by atoms with Gasteiger partial charge in [0.1, 0.15) is 11.8 Å². The summed E-state index contributed by atoms with van der Waals surface area (Å²) in [6, 6.07) is 5.87. The van der Waals surface area contributed by atoms with E-state index in [9.17, 15) is 18.0 Å². The fourth-order valence-electron chi connectivity index (χ4n) is 2.09. The van der Waals surface area contributed by atoms with E-state index in [0.717, 1.165) is 0 Å². The molecule has 140 valence electrons. The van der Waals surface area contributed by atoms with Crippen molar-refractivity contribution in [2.24, 2.45) is 5.73 Å². The van der Waals surface area contributed by atoms with Crippen LogP contribution in [-0.2, 0) is 19.6 Å². The summed E-state index contributed by atoms with van der Waals surface area (Å²) < 4.78 is 31.6. The summed E-state index contributed by atoms with van der Waals surface area (Å²) in [5, 5.41) is 15.4. The number of hydrogen-bond donors (Lipinski definition) is 4. The first-order chi connectivity index (χ1) is 12.2. The van der Waals surface area contributed by atoms with Crippen LogP contribution in [0.2, 0.25) is 0 Å². The maximum absolute atomic E-state index is 12.3. The number of carbonyl (C=O) groups is 2. The summed E-state index contributed by atoms with van der Waals surface area (Å²) >= 11 is 0. The van der Waals surface area contributed by atoms with E-state index in [1.807, 2.05) is 0 Å². The molecule has 26 heavy (non-hydrogen) atoms. The Bertz CT molecular complexity index is 891. The molecule has 11 heteroatoms. The number of sulfonamides is 1. The highest BCUT2D eigenvalue weighted by Crippen LogP contribution is 2.19. The number of carboxylic acids is 1. The molecule has 0 spiro atoms. The number of carboxylic acid groups (broad SMARTS) is 1. The predicted octanol–water partition coefficient (Wildman–Crippen LogP) is 0.914. The topological polar surface area (TPSA) is 165 Å². The van der Waals surface area contributed by atoms with Gasteiger partial charge in [-0.05, 0) is 37.6 Å². The first-order valence-corrected chi connectivity index (χ1v) is 8.99. The number of hydrogen-bond acceptors (Lipinski definition) is 7. The second kappa shape index (κ2) is 7.87. The third-order valence-corrected chi connectivity index (χ3v) is 4.72. The van der Waals surface area contributed by atoms with Gasteiger partial charge in [0.2, 0.25) is 5.91 Å². The highest BCUT2D eigenvalue weighted by molar-refractivity contribution is 7.92. The number of nitrogens with one attached hydrogen (secondary N) is 2. The lowest BCUT2D eigenvalue weighted by Crippen LogP contribution is -2.30. The predicted molar refractivity (Wildman–Crippen MR) is 92.0 cm³/mol. The molecule has 1 heterocycles. The zero-order valence-electron chi connectivity index (χ0n) is 13.8. The Morgan fingerprint density at radius 3 is 2.46 bits per heavy atom. The molecule has 1 aromatic carbocycles. The van der Waals surface area contributed by atoms with Crippen molar-refractivity contribution in [3.63, 3.8) is 0 Å². The first-order valence-electron chi connectivity index (χ1n) is 7.51. The van der Waals surface area contributed by atoms with Crippen molar-refractivity contribution >= 4 is 33.4 Å². The number of anilines is 2. The summed E-state index contributed by atoms with van der Waals surface area (Å²) in [6.45, 7) is 1.63. The van der Waals surface area contributed by atoms with Gasteiger partial charge in [0.05, 0.1) is 4.90 Å². The van der Waals surface area contributed by atoms with Crippen molar-refractivity contribution in [2.75, 3.05) is 10.0 Å². The molecule has 0 unspecified atom stereocenters. The van der Waals surface area contributed by atoms with Gasteiger partial charge in [0.15, 0.2) is 5.82 Å². The number of rotatable bonds is 9. The summed E-state index contributed by atoms with van der Waals surface area (Å²) in [5.74, 6) is -1.24. The number of nitrogens with zero attached hydrogens (tertiary/aromatic N) is 1. The molecular weight excluding hydrogens is 364 g/mol. The van der Waals surface area contributed by atoms with Gasteiger partial charge in [0.25, 0.3) is 10.0 Å². The molecule has 5 N–H and O–H groups in total. The van der Waals surface area contributed by atoms with E-state index >= 15 is 0 Å². The van der Waals surface area contributed by atoms with E-state index < -0.39 is 27.9 Å². The maximum atomic E-state index is 12.3. The SMILES string of the molecule is Cc1cc(NS(=O)(=O)c2ccc(N[C@H](CCC(N)=O)C(=O)O)cc2)no1. The third-order valence-electron chi connectivity index (χ3n) is 3.35. The smallest absolute Gasteiger partial charge is 0.326 e. The quantitative estimate of drug-likeness (QED) is 0.497. The van der Waals surface area contributed by atoms with Gasteiger partial charge in [-0.2, -0.15) is 0 Å². The van der Waals surface area contributed by atoms with Crippen molar-refractivity contribution in [1.29, 1.82) is 0 Å². The molecule has 10 nitrogen and oxygen atoms in total. The van der Waals surface area contributed by atoms with Crippen LogP contribution in [0.15, 0.2) is 39.8 Å². The fourth-order valence-corrected chi connectivity index (χ4v) is 3.07. The average Bonchev–Trinajstić information content (AvgIpc) is 2.95. The molecule has 0 radical (unpaired) electrons. The molecule has 0 fully saturated rings. The Balaban J connectivity index is 2.08. The Morgan fingerprint density at radius 2 is 1.96 bits per heavy atom. The van der Waals surface area contributed by atoms with Gasteiger partial charge in [-0.3, -0.25) is 9.52 Å². The highest BCUT2D eigenvalue weighted by atomic mass is 32.2. The highest BCUT2D eigenvalue weighted by Gasteiger charge is 2.19. The van der Waals surface area contributed by atoms with E-state index in [2.05, 4.69) is 15.2 Å². The molecule has 2 aromatic rings. The minimum atomic E-state index is -3.86. The van der Waals surface area contributed by atoms with Crippen molar-refractivity contribution in [2.45, 2.75) is 30.7 Å². The van der Waals surface area contributed by atoms with Crippen LogP contribution in [0.5, 0.6) is 0 Å². The van der Waals surface area contributed by atoms with Crippen LogP contribution in [0.3, 0.4) is 0 Å². The molecule has 0 aliphatic heterocycles. The van der Waals surface area contributed by atoms with Gasteiger partial charge in [0, 0.05) is 18.2 Å². The second-order valence-corrected chi connectivity index (χ2v) is 7.18. The summed E-state index contributed by atoms with van der Waals surface area (Å²) in [6.07, 6.45) is -0.0742. The monoisotopic (exact) mass is 382 g/mol. The molecule has 0 saturated carbocycles. The van der Waals surface area contributed by atoms with E-state index in [-0.39, 0.29) is 23.6 Å². The normalized spacial score (nSPS) is 12.3. The lowest BCUT2D eigenvalue weighted by atomic mass is 10.1. The third kappa shape index (κ3) is 5.21. The van der Waals surface area contributed by atoms with Crippen LogP contribution in [0.4, 0.5) is 11.5 Å². The van der Waals surface area contributed by atoms with Crippen molar-refractivity contribution in [1.82, 2.24) is 5.16 Å². The number of benzene rings is 1. The largest absolute Gasteiger partial charge is 0.480 e. The van der Waals surface area contributed by atoms with Crippen LogP contribution >= 0.6 is 0 Å². The van der Waals surface area contributed by atoms with E-state index in [1.54, 1.807) is 6.92 Å². The molecular formula is C15H18N4O6S. The molecule has 1 amide bonds. The van der Waals surface area contributed by atoms with E-state index in [4.69, 9.17) is 15.4 Å². The van der Waals surface area contributed by atoms with Crippen LogP contribution in [0.25, 0.3) is 0 Å². The summed E-state index contributed by atoms with van der Waals surface area (Å²) in [7, 11) is -3.86. The molecule has 0 aliphatic carbocycles. The molecule has 0 aliphatic rings. The Hall–Kier alpha value is -3.08. The number of nitrogens with two attached hydrogens (primary N) is 1. The maximum Gasteiger partial charge on any atom is 0.326 e. The summed E-state index contributed by atoms with van der Waals surface area (Å²) in [4.78, 5) is 22.0. The zero-order valence-corrected chi connectivity index (χ0v) is 14.6. The number of primary amides is 1. The Morgan fingerprint density at radius 1 is 1.31 bits per heavy atom. The number of aliphatic carboxylic acids is 1.